The monoisotopic (exact) mass is 262 g/mol. The van der Waals surface area contributed by atoms with Gasteiger partial charge in [-0.2, -0.15) is 9.57 Å². The largest absolute Gasteiger partial charge is 0.465 e. The van der Waals surface area contributed by atoms with Gasteiger partial charge in [0.05, 0.1) is 12.7 Å². The van der Waals surface area contributed by atoms with Crippen molar-refractivity contribution in [2.75, 3.05) is 13.2 Å². The lowest BCUT2D eigenvalue weighted by Gasteiger charge is -2.25. The van der Waals surface area contributed by atoms with E-state index >= 15 is 0 Å². The summed E-state index contributed by atoms with van der Waals surface area (Å²) in [5.74, 6) is -0.616. The van der Waals surface area contributed by atoms with Gasteiger partial charge in [0.15, 0.2) is 5.25 Å². The van der Waals surface area contributed by atoms with Crippen LogP contribution in [0.5, 0.6) is 0 Å². The van der Waals surface area contributed by atoms with Crippen LogP contribution in [0.1, 0.15) is 27.7 Å². The molecule has 0 aromatic heterocycles. The number of rotatable bonds is 6. The van der Waals surface area contributed by atoms with E-state index in [4.69, 9.17) is 10.00 Å². The number of sulfonamides is 1. The summed E-state index contributed by atoms with van der Waals surface area (Å²) >= 11 is 0. The number of carbonyl (C=O) groups is 1. The predicted molar refractivity (Wildman–Crippen MR) is 62.5 cm³/mol. The first-order valence-electron chi connectivity index (χ1n) is 5.33. The summed E-state index contributed by atoms with van der Waals surface area (Å²) in [5, 5.41) is 7.49. The van der Waals surface area contributed by atoms with Crippen molar-refractivity contribution in [1.82, 2.24) is 4.31 Å². The van der Waals surface area contributed by atoms with Gasteiger partial charge in [-0.1, -0.05) is 0 Å². The molecule has 0 saturated heterocycles. The second-order valence-corrected chi connectivity index (χ2v) is 5.97. The van der Waals surface area contributed by atoms with Gasteiger partial charge in [0.25, 0.3) is 0 Å². The number of nitrogens with zero attached hydrogens (tertiary/aromatic N) is 2. The fourth-order valence-corrected chi connectivity index (χ4v) is 2.58. The molecule has 0 amide bonds. The molecule has 0 heterocycles. The molecule has 0 bridgehead atoms. The number of nitriles is 1. The van der Waals surface area contributed by atoms with Gasteiger partial charge in [0, 0.05) is 6.04 Å². The SMILES string of the molecule is CCOC(=O)CN(C(C)C)S(=O)(=O)C(C)C#N. The van der Waals surface area contributed by atoms with Crippen LogP contribution in [-0.2, 0) is 19.6 Å². The molecule has 0 rings (SSSR count). The molecule has 7 heteroatoms. The van der Waals surface area contributed by atoms with Crippen LogP contribution in [0.25, 0.3) is 0 Å². The second-order valence-electron chi connectivity index (χ2n) is 3.76. The molecule has 0 aliphatic rings. The van der Waals surface area contributed by atoms with Gasteiger partial charge in [-0.15, -0.1) is 0 Å². The number of hydrogen-bond acceptors (Lipinski definition) is 5. The molecule has 0 saturated carbocycles. The van der Waals surface area contributed by atoms with Gasteiger partial charge in [0.1, 0.15) is 6.54 Å². The maximum absolute atomic E-state index is 11.9. The van der Waals surface area contributed by atoms with E-state index < -0.39 is 27.3 Å². The Morgan fingerprint density at radius 1 is 1.41 bits per heavy atom. The average Bonchev–Trinajstić information content (AvgIpc) is 2.24. The first kappa shape index (κ1) is 15.9. The lowest BCUT2D eigenvalue weighted by molar-refractivity contribution is -0.143. The highest BCUT2D eigenvalue weighted by atomic mass is 32.2. The van der Waals surface area contributed by atoms with Gasteiger partial charge in [-0.05, 0) is 27.7 Å². The number of hydrogen-bond donors (Lipinski definition) is 0. The summed E-state index contributed by atoms with van der Waals surface area (Å²) in [6, 6.07) is 1.26. The number of ether oxygens (including phenoxy) is 1. The van der Waals surface area contributed by atoms with Crippen LogP contribution in [0, 0.1) is 11.3 Å². The second kappa shape index (κ2) is 6.57. The van der Waals surface area contributed by atoms with E-state index in [0.29, 0.717) is 0 Å². The highest BCUT2D eigenvalue weighted by molar-refractivity contribution is 7.90. The molecule has 98 valence electrons. The fourth-order valence-electron chi connectivity index (χ4n) is 1.17. The van der Waals surface area contributed by atoms with E-state index in [9.17, 15) is 13.2 Å². The van der Waals surface area contributed by atoms with E-state index in [-0.39, 0.29) is 13.2 Å². The molecule has 0 fully saturated rings. The Morgan fingerprint density at radius 2 is 1.94 bits per heavy atom. The summed E-state index contributed by atoms with van der Waals surface area (Å²) in [6.07, 6.45) is 0. The minimum atomic E-state index is -3.79. The molecule has 0 aliphatic heterocycles. The highest BCUT2D eigenvalue weighted by Gasteiger charge is 2.32. The predicted octanol–water partition coefficient (Wildman–Crippen LogP) is 0.502. The molecule has 1 atom stereocenters. The van der Waals surface area contributed by atoms with Gasteiger partial charge in [0.2, 0.25) is 10.0 Å². The van der Waals surface area contributed by atoms with Gasteiger partial charge in [-0.25, -0.2) is 8.42 Å². The third kappa shape index (κ3) is 4.32. The van der Waals surface area contributed by atoms with E-state index in [0.717, 1.165) is 4.31 Å². The third-order valence-electron chi connectivity index (χ3n) is 2.12. The summed E-state index contributed by atoms with van der Waals surface area (Å²) in [5.41, 5.74) is 0. The van der Waals surface area contributed by atoms with E-state index in [1.807, 2.05) is 0 Å². The van der Waals surface area contributed by atoms with Crippen LogP contribution in [0.3, 0.4) is 0 Å². The Kier molecular flexibility index (Phi) is 6.13. The minimum Gasteiger partial charge on any atom is -0.465 e. The van der Waals surface area contributed by atoms with Crippen molar-refractivity contribution in [1.29, 1.82) is 5.26 Å². The Hall–Kier alpha value is -1.13. The summed E-state index contributed by atoms with van der Waals surface area (Å²) in [7, 11) is -3.79. The van der Waals surface area contributed by atoms with Crippen molar-refractivity contribution in [3.63, 3.8) is 0 Å². The molecule has 0 radical (unpaired) electrons. The first-order chi connectivity index (χ1) is 7.77. The lowest BCUT2D eigenvalue weighted by Crippen LogP contribution is -2.44. The Balaban J connectivity index is 5.01. The summed E-state index contributed by atoms with van der Waals surface area (Å²) < 4.78 is 29.6. The van der Waals surface area contributed by atoms with Crippen LogP contribution in [-0.4, -0.2) is 43.1 Å². The first-order valence-corrected chi connectivity index (χ1v) is 6.83. The Labute approximate surface area is 102 Å². The van der Waals surface area contributed by atoms with Crippen LogP contribution < -0.4 is 0 Å². The molecule has 0 N–H and O–H groups in total. The number of esters is 1. The normalized spacial score (nSPS) is 13.5. The average molecular weight is 262 g/mol. The highest BCUT2D eigenvalue weighted by Crippen LogP contribution is 2.12. The van der Waals surface area contributed by atoms with Crippen molar-refractivity contribution in [3.05, 3.63) is 0 Å². The Morgan fingerprint density at radius 3 is 2.29 bits per heavy atom. The van der Waals surface area contributed by atoms with Crippen molar-refractivity contribution < 1.29 is 17.9 Å². The lowest BCUT2D eigenvalue weighted by atomic mass is 10.4. The van der Waals surface area contributed by atoms with E-state index in [2.05, 4.69) is 0 Å². The Bertz CT molecular complexity index is 397. The molecule has 0 aromatic carbocycles. The van der Waals surface area contributed by atoms with Crippen LogP contribution in [0.15, 0.2) is 0 Å². The van der Waals surface area contributed by atoms with E-state index in [1.165, 1.54) is 6.92 Å². The van der Waals surface area contributed by atoms with Crippen LogP contribution in [0.4, 0.5) is 0 Å². The van der Waals surface area contributed by atoms with Gasteiger partial charge < -0.3 is 4.74 Å². The maximum atomic E-state index is 11.9. The van der Waals surface area contributed by atoms with Crippen LogP contribution >= 0.6 is 0 Å². The van der Waals surface area contributed by atoms with Crippen molar-refractivity contribution in [2.24, 2.45) is 0 Å². The topological polar surface area (TPSA) is 87.5 Å². The quantitative estimate of drug-likeness (QED) is 0.650. The van der Waals surface area contributed by atoms with Gasteiger partial charge in [-0.3, -0.25) is 4.79 Å². The molecule has 0 aromatic rings. The standard InChI is InChI=1S/C10H18N2O4S/c1-5-16-10(13)7-12(8(2)3)17(14,15)9(4)6-11/h8-9H,5,7H2,1-4H3. The zero-order valence-corrected chi connectivity index (χ0v) is 11.3. The molecular formula is C10H18N2O4S. The maximum Gasteiger partial charge on any atom is 0.321 e. The molecule has 0 spiro atoms. The molecule has 6 nitrogen and oxygen atoms in total. The van der Waals surface area contributed by atoms with Crippen LogP contribution in [0.2, 0.25) is 0 Å². The van der Waals surface area contributed by atoms with Crippen molar-refractivity contribution >= 4 is 16.0 Å². The molecule has 17 heavy (non-hydrogen) atoms. The zero-order chi connectivity index (χ0) is 13.6. The fraction of sp³-hybridized carbons (Fsp3) is 0.800. The summed E-state index contributed by atoms with van der Waals surface area (Å²) in [4.78, 5) is 11.3. The van der Waals surface area contributed by atoms with Crippen molar-refractivity contribution in [3.8, 4) is 6.07 Å². The molecule has 0 aliphatic carbocycles. The van der Waals surface area contributed by atoms with E-state index in [1.54, 1.807) is 26.8 Å². The molecular weight excluding hydrogens is 244 g/mol. The molecule has 1 unspecified atom stereocenters. The smallest absolute Gasteiger partial charge is 0.321 e. The zero-order valence-electron chi connectivity index (χ0n) is 10.5. The minimum absolute atomic E-state index is 0.193. The number of carbonyl (C=O) groups excluding carboxylic acids is 1. The van der Waals surface area contributed by atoms with Crippen molar-refractivity contribution in [2.45, 2.75) is 39.0 Å². The summed E-state index contributed by atoms with van der Waals surface area (Å²) in [6.45, 7) is 6.04. The van der Waals surface area contributed by atoms with Gasteiger partial charge >= 0.3 is 5.97 Å². The third-order valence-corrected chi connectivity index (χ3v) is 4.33.